The second kappa shape index (κ2) is 3.55. The van der Waals surface area contributed by atoms with Crippen LogP contribution in [0.25, 0.3) is 37.4 Å². The van der Waals surface area contributed by atoms with Crippen LogP contribution in [0.2, 0.25) is 0 Å². The summed E-state index contributed by atoms with van der Waals surface area (Å²) in [4.78, 5) is 0. The van der Waals surface area contributed by atoms with E-state index in [0.29, 0.717) is 0 Å². The maximum atomic E-state index is 2.36. The van der Waals surface area contributed by atoms with E-state index < -0.39 is 0 Å². The zero-order chi connectivity index (χ0) is 14.3. The summed E-state index contributed by atoms with van der Waals surface area (Å²) < 4.78 is 6.07. The third-order valence-electron chi connectivity index (χ3n) is 4.80. The molecule has 4 aromatic heterocycles. The summed E-state index contributed by atoms with van der Waals surface area (Å²) in [6.45, 7) is 4.41. The fraction of sp³-hybridized carbons (Fsp3) is 0.167. The molecule has 0 bridgehead atoms. The second-order valence-electron chi connectivity index (χ2n) is 5.93. The quantitative estimate of drug-likeness (QED) is 0.296. The first kappa shape index (κ1) is 11.5. The molecule has 0 atom stereocenters. The molecule has 0 N–H and O–H groups in total. The summed E-state index contributed by atoms with van der Waals surface area (Å²) in [7, 11) is 2.18. The van der Waals surface area contributed by atoms with Crippen LogP contribution in [0.4, 0.5) is 0 Å². The van der Waals surface area contributed by atoms with Gasteiger partial charge < -0.3 is 4.40 Å². The number of aromatic nitrogens is 2. The lowest BCUT2D eigenvalue weighted by molar-refractivity contribution is -0.650. The van der Waals surface area contributed by atoms with Gasteiger partial charge >= 0.3 is 0 Å². The highest BCUT2D eigenvalue weighted by atomic mass is 32.1. The molecule has 5 aromatic rings. The van der Waals surface area contributed by atoms with Crippen molar-refractivity contribution in [3.63, 3.8) is 0 Å². The monoisotopic (exact) mass is 291 g/mol. The van der Waals surface area contributed by atoms with Crippen LogP contribution in [0.15, 0.2) is 35.8 Å². The smallest absolute Gasteiger partial charge is 0.238 e. The SMILES string of the molecule is Cc1ccc2scc3c2c1c1c2c(ccn32)cc(C)[n+]1C. The highest BCUT2D eigenvalue weighted by Gasteiger charge is 2.23. The van der Waals surface area contributed by atoms with Crippen LogP contribution in [-0.4, -0.2) is 4.40 Å². The molecule has 5 rings (SSSR count). The molecule has 21 heavy (non-hydrogen) atoms. The molecule has 0 aliphatic heterocycles. The fourth-order valence-corrected chi connectivity index (χ4v) is 4.60. The first-order chi connectivity index (χ1) is 10.2. The summed E-state index contributed by atoms with van der Waals surface area (Å²) in [6, 6.07) is 9.02. The van der Waals surface area contributed by atoms with E-state index in [9.17, 15) is 0 Å². The lowest BCUT2D eigenvalue weighted by Crippen LogP contribution is -2.33. The summed E-state index contributed by atoms with van der Waals surface area (Å²) in [6.07, 6.45) is 2.21. The molecule has 0 aliphatic rings. The predicted molar refractivity (Wildman–Crippen MR) is 89.6 cm³/mol. The van der Waals surface area contributed by atoms with E-state index in [0.717, 1.165) is 0 Å². The third kappa shape index (κ3) is 1.21. The van der Waals surface area contributed by atoms with Crippen LogP contribution in [-0.2, 0) is 7.05 Å². The predicted octanol–water partition coefficient (Wildman–Crippen LogP) is 4.34. The molecule has 0 fully saturated rings. The maximum absolute atomic E-state index is 2.36. The Morgan fingerprint density at radius 1 is 1.10 bits per heavy atom. The Morgan fingerprint density at radius 2 is 1.95 bits per heavy atom. The van der Waals surface area contributed by atoms with Crippen molar-refractivity contribution in [3.05, 3.63) is 47.1 Å². The molecule has 0 amide bonds. The first-order valence-corrected chi connectivity index (χ1v) is 8.07. The lowest BCUT2D eigenvalue weighted by Gasteiger charge is -2.09. The number of nitrogens with zero attached hydrogens (tertiary/aromatic N) is 2. The van der Waals surface area contributed by atoms with Gasteiger partial charge in [-0.1, -0.05) is 6.07 Å². The average Bonchev–Trinajstić information content (AvgIpc) is 3.06. The van der Waals surface area contributed by atoms with Crippen molar-refractivity contribution in [2.45, 2.75) is 13.8 Å². The minimum Gasteiger partial charge on any atom is -0.309 e. The first-order valence-electron chi connectivity index (χ1n) is 7.19. The van der Waals surface area contributed by atoms with Gasteiger partial charge in [-0.3, -0.25) is 0 Å². The normalized spacial score (nSPS) is 12.5. The summed E-state index contributed by atoms with van der Waals surface area (Å²) in [5.41, 5.74) is 6.68. The third-order valence-corrected chi connectivity index (χ3v) is 5.73. The van der Waals surface area contributed by atoms with Crippen molar-refractivity contribution >= 4 is 48.7 Å². The van der Waals surface area contributed by atoms with E-state index in [1.807, 2.05) is 11.3 Å². The fourth-order valence-electron chi connectivity index (χ4n) is 3.66. The topological polar surface area (TPSA) is 8.29 Å². The van der Waals surface area contributed by atoms with Crippen LogP contribution in [0.3, 0.4) is 0 Å². The van der Waals surface area contributed by atoms with E-state index >= 15 is 0 Å². The van der Waals surface area contributed by atoms with E-state index in [1.165, 1.54) is 48.7 Å². The second-order valence-corrected chi connectivity index (χ2v) is 6.85. The van der Waals surface area contributed by atoms with Crippen LogP contribution in [0.1, 0.15) is 11.3 Å². The highest BCUT2D eigenvalue weighted by Crippen LogP contribution is 2.39. The van der Waals surface area contributed by atoms with Crippen molar-refractivity contribution in [2.75, 3.05) is 0 Å². The van der Waals surface area contributed by atoms with E-state index in [2.05, 4.69) is 65.7 Å². The number of rotatable bonds is 0. The summed E-state index contributed by atoms with van der Waals surface area (Å²) in [5.74, 6) is 0. The molecule has 0 unspecified atom stereocenters. The van der Waals surface area contributed by atoms with Gasteiger partial charge in [-0.2, -0.15) is 4.57 Å². The van der Waals surface area contributed by atoms with Crippen LogP contribution < -0.4 is 4.57 Å². The largest absolute Gasteiger partial charge is 0.309 e. The van der Waals surface area contributed by atoms with Gasteiger partial charge in [-0.05, 0) is 24.6 Å². The van der Waals surface area contributed by atoms with Crippen molar-refractivity contribution < 1.29 is 4.57 Å². The summed E-state index contributed by atoms with van der Waals surface area (Å²) in [5, 5.41) is 6.43. The molecular formula is C18H15N2S+. The van der Waals surface area contributed by atoms with Crippen LogP contribution in [0, 0.1) is 13.8 Å². The van der Waals surface area contributed by atoms with Gasteiger partial charge in [0.15, 0.2) is 5.69 Å². The standard InChI is InChI=1S/C18H15N2S/c1-10-4-5-14-16-13(9-21-14)20-7-6-12-8-11(2)19(3)18(15(10)16)17(12)20/h4-9H,1-3H3/q+1. The lowest BCUT2D eigenvalue weighted by atomic mass is 10.0. The average molecular weight is 291 g/mol. The van der Waals surface area contributed by atoms with Crippen molar-refractivity contribution in [3.8, 4) is 0 Å². The van der Waals surface area contributed by atoms with Crippen molar-refractivity contribution in [2.24, 2.45) is 7.05 Å². The molecular weight excluding hydrogens is 276 g/mol. The molecule has 0 spiro atoms. The van der Waals surface area contributed by atoms with Crippen molar-refractivity contribution in [1.82, 2.24) is 4.40 Å². The number of hydrogen-bond donors (Lipinski definition) is 0. The zero-order valence-corrected chi connectivity index (χ0v) is 13.1. The Hall–Kier alpha value is -2.13. The molecule has 102 valence electrons. The molecule has 0 saturated carbocycles. The number of pyridine rings is 2. The molecule has 4 heterocycles. The van der Waals surface area contributed by atoms with Gasteiger partial charge in [0.25, 0.3) is 0 Å². The molecule has 0 aliphatic carbocycles. The number of benzene rings is 1. The van der Waals surface area contributed by atoms with Gasteiger partial charge in [0, 0.05) is 40.0 Å². The van der Waals surface area contributed by atoms with Crippen LogP contribution in [0.5, 0.6) is 0 Å². The Kier molecular flexibility index (Phi) is 1.95. The minimum atomic E-state index is 1.30. The molecule has 0 radical (unpaired) electrons. The number of aryl methyl sites for hydroxylation is 3. The number of fused-ring (bicyclic) bond motifs is 2. The van der Waals surface area contributed by atoms with Crippen molar-refractivity contribution in [1.29, 1.82) is 0 Å². The van der Waals surface area contributed by atoms with E-state index in [4.69, 9.17) is 0 Å². The zero-order valence-electron chi connectivity index (χ0n) is 12.3. The highest BCUT2D eigenvalue weighted by molar-refractivity contribution is 7.18. The Balaban J connectivity index is 2.34. The molecule has 1 aromatic carbocycles. The minimum absolute atomic E-state index is 1.30. The number of hydrogen-bond acceptors (Lipinski definition) is 1. The van der Waals surface area contributed by atoms with Gasteiger partial charge in [-0.25, -0.2) is 0 Å². The Morgan fingerprint density at radius 3 is 2.81 bits per heavy atom. The molecule has 0 saturated heterocycles. The molecule has 2 nitrogen and oxygen atoms in total. The Bertz CT molecular complexity index is 1160. The van der Waals surface area contributed by atoms with Gasteiger partial charge in [0.05, 0.1) is 10.9 Å². The van der Waals surface area contributed by atoms with Gasteiger partial charge in [-0.15, -0.1) is 11.3 Å². The Labute approximate surface area is 126 Å². The van der Waals surface area contributed by atoms with Gasteiger partial charge in [0.2, 0.25) is 5.52 Å². The van der Waals surface area contributed by atoms with Crippen LogP contribution >= 0.6 is 11.3 Å². The number of thiophene rings is 1. The molecule has 3 heteroatoms. The van der Waals surface area contributed by atoms with E-state index in [-0.39, 0.29) is 0 Å². The maximum Gasteiger partial charge on any atom is 0.238 e. The van der Waals surface area contributed by atoms with Gasteiger partial charge in [0.1, 0.15) is 12.6 Å². The van der Waals surface area contributed by atoms with E-state index in [1.54, 1.807) is 0 Å². The summed E-state index contributed by atoms with van der Waals surface area (Å²) >= 11 is 1.84.